The molecule has 2 rings (SSSR count). The van der Waals surface area contributed by atoms with Crippen LogP contribution in [0.25, 0.3) is 0 Å². The van der Waals surface area contributed by atoms with Crippen molar-refractivity contribution < 1.29 is 18.0 Å². The lowest BCUT2D eigenvalue weighted by molar-refractivity contribution is -0.134. The second-order valence-corrected chi connectivity index (χ2v) is 8.15. The Morgan fingerprint density at radius 3 is 2.46 bits per heavy atom. The molecule has 10 heteroatoms. The van der Waals surface area contributed by atoms with E-state index in [-0.39, 0.29) is 41.7 Å². The molecular weight excluding hydrogens is 380 g/mol. The normalized spacial score (nSPS) is 17.5. The van der Waals surface area contributed by atoms with Crippen LogP contribution in [0.4, 0.5) is 5.69 Å². The van der Waals surface area contributed by atoms with Gasteiger partial charge in [-0.2, -0.15) is 4.31 Å². The summed E-state index contributed by atoms with van der Waals surface area (Å²) in [6.45, 7) is 5.07. The van der Waals surface area contributed by atoms with Crippen LogP contribution in [0.5, 0.6) is 0 Å². The first kappa shape index (κ1) is 22.4. The minimum atomic E-state index is -3.78. The molecule has 1 atom stereocenters. The second-order valence-electron chi connectivity index (χ2n) is 6.11. The SMILES string of the molecule is CC(=O)Nc1ccc(S(=O)(=O)N(C)CC(=O)N2CCNC[C@@H]2C)cc1.Cl. The number of sulfonamides is 1. The van der Waals surface area contributed by atoms with Crippen LogP contribution in [0.1, 0.15) is 13.8 Å². The van der Waals surface area contributed by atoms with Gasteiger partial charge < -0.3 is 15.5 Å². The van der Waals surface area contributed by atoms with Gasteiger partial charge in [0, 0.05) is 45.3 Å². The topological polar surface area (TPSA) is 98.8 Å². The molecule has 1 saturated heterocycles. The summed E-state index contributed by atoms with van der Waals surface area (Å²) >= 11 is 0. The molecule has 0 spiro atoms. The van der Waals surface area contributed by atoms with E-state index in [9.17, 15) is 18.0 Å². The molecule has 8 nitrogen and oxygen atoms in total. The summed E-state index contributed by atoms with van der Waals surface area (Å²) in [5, 5.41) is 5.77. The van der Waals surface area contributed by atoms with Gasteiger partial charge in [0.2, 0.25) is 21.8 Å². The molecule has 1 fully saturated rings. The summed E-state index contributed by atoms with van der Waals surface area (Å²) in [6.07, 6.45) is 0. The van der Waals surface area contributed by atoms with E-state index in [0.29, 0.717) is 25.3 Å². The van der Waals surface area contributed by atoms with Gasteiger partial charge >= 0.3 is 0 Å². The van der Waals surface area contributed by atoms with Crippen molar-refractivity contribution in [2.75, 3.05) is 38.5 Å². The Hall–Kier alpha value is -1.68. The first-order valence-corrected chi connectivity index (χ1v) is 9.50. The minimum Gasteiger partial charge on any atom is -0.336 e. The summed E-state index contributed by atoms with van der Waals surface area (Å²) in [6, 6.07) is 5.89. The average molecular weight is 405 g/mol. The van der Waals surface area contributed by atoms with Crippen molar-refractivity contribution in [1.82, 2.24) is 14.5 Å². The molecule has 0 bridgehead atoms. The number of rotatable bonds is 5. The number of hydrogen-bond donors (Lipinski definition) is 2. The lowest BCUT2D eigenvalue weighted by atomic mass is 10.2. The van der Waals surface area contributed by atoms with Gasteiger partial charge in [0.15, 0.2) is 0 Å². The van der Waals surface area contributed by atoms with Crippen LogP contribution < -0.4 is 10.6 Å². The lowest BCUT2D eigenvalue weighted by Gasteiger charge is -2.34. The van der Waals surface area contributed by atoms with E-state index >= 15 is 0 Å². The van der Waals surface area contributed by atoms with Crippen LogP contribution >= 0.6 is 12.4 Å². The standard InChI is InChI=1S/C16H24N4O4S.ClH/c1-12-10-17-8-9-20(12)16(22)11-19(3)25(23,24)15-6-4-14(5-7-15)18-13(2)21;/h4-7,12,17H,8-11H2,1-3H3,(H,18,21);1H/t12-;/m0./s1. The largest absolute Gasteiger partial charge is 0.336 e. The predicted octanol–water partition coefficient (Wildman–Crippen LogP) is 0.508. The maximum absolute atomic E-state index is 12.6. The van der Waals surface area contributed by atoms with Crippen LogP contribution in [-0.4, -0.2) is 68.7 Å². The number of halogens is 1. The highest BCUT2D eigenvalue weighted by atomic mass is 35.5. The number of nitrogens with zero attached hydrogens (tertiary/aromatic N) is 2. The van der Waals surface area contributed by atoms with E-state index in [0.717, 1.165) is 4.31 Å². The molecule has 1 aromatic carbocycles. The highest BCUT2D eigenvalue weighted by molar-refractivity contribution is 7.89. The fraction of sp³-hybridized carbons (Fsp3) is 0.500. The summed E-state index contributed by atoms with van der Waals surface area (Å²) in [4.78, 5) is 25.2. The zero-order valence-corrected chi connectivity index (χ0v) is 16.7. The third-order valence-corrected chi connectivity index (χ3v) is 5.88. The molecule has 0 radical (unpaired) electrons. The Morgan fingerprint density at radius 1 is 1.31 bits per heavy atom. The highest BCUT2D eigenvalue weighted by Gasteiger charge is 2.28. The number of carbonyl (C=O) groups excluding carboxylic acids is 2. The number of amides is 2. The third kappa shape index (κ3) is 5.41. The molecule has 0 saturated carbocycles. The molecule has 146 valence electrons. The van der Waals surface area contributed by atoms with Gasteiger partial charge in [-0.3, -0.25) is 9.59 Å². The fourth-order valence-electron chi connectivity index (χ4n) is 2.67. The van der Waals surface area contributed by atoms with Gasteiger partial charge in [-0.05, 0) is 31.2 Å². The molecule has 0 aliphatic carbocycles. The Morgan fingerprint density at radius 2 is 1.92 bits per heavy atom. The van der Waals surface area contributed by atoms with Gasteiger partial charge in [-0.1, -0.05) is 0 Å². The fourth-order valence-corrected chi connectivity index (χ4v) is 3.79. The average Bonchev–Trinajstić information content (AvgIpc) is 2.55. The maximum atomic E-state index is 12.6. The lowest BCUT2D eigenvalue weighted by Crippen LogP contribution is -2.54. The summed E-state index contributed by atoms with van der Waals surface area (Å²) in [5.41, 5.74) is 0.514. The van der Waals surface area contributed by atoms with Crippen LogP contribution in [0.2, 0.25) is 0 Å². The second kappa shape index (κ2) is 9.31. The number of anilines is 1. The van der Waals surface area contributed by atoms with Gasteiger partial charge in [-0.15, -0.1) is 12.4 Å². The number of nitrogens with one attached hydrogen (secondary N) is 2. The third-order valence-electron chi connectivity index (χ3n) is 4.06. The molecule has 1 aromatic rings. The molecule has 1 aliphatic rings. The van der Waals surface area contributed by atoms with Crippen LogP contribution in [0, 0.1) is 0 Å². The van der Waals surface area contributed by atoms with E-state index in [2.05, 4.69) is 10.6 Å². The summed E-state index contributed by atoms with van der Waals surface area (Å²) in [7, 11) is -2.39. The Kier molecular flexibility index (Phi) is 8.01. The Labute approximate surface area is 160 Å². The Balaban J connectivity index is 0.00000338. The van der Waals surface area contributed by atoms with Crippen LogP contribution in [0.3, 0.4) is 0 Å². The van der Waals surface area contributed by atoms with Crippen molar-refractivity contribution in [2.24, 2.45) is 0 Å². The quantitative estimate of drug-likeness (QED) is 0.744. The van der Waals surface area contributed by atoms with Gasteiger partial charge in [0.1, 0.15) is 0 Å². The molecular formula is C16H25ClN4O4S. The van der Waals surface area contributed by atoms with Crippen LogP contribution in [-0.2, 0) is 19.6 Å². The first-order chi connectivity index (χ1) is 11.7. The number of likely N-dealkylation sites (N-methyl/N-ethyl adjacent to an activating group) is 1. The monoisotopic (exact) mass is 404 g/mol. The zero-order chi connectivity index (χ0) is 18.6. The van der Waals surface area contributed by atoms with Gasteiger partial charge in [0.05, 0.1) is 11.4 Å². The van der Waals surface area contributed by atoms with E-state index < -0.39 is 10.0 Å². The Bertz CT molecular complexity index is 739. The van der Waals surface area contributed by atoms with E-state index in [1.165, 1.54) is 38.2 Å². The zero-order valence-electron chi connectivity index (χ0n) is 15.1. The molecule has 2 N–H and O–H groups in total. The maximum Gasteiger partial charge on any atom is 0.243 e. The summed E-state index contributed by atoms with van der Waals surface area (Å²) in [5.74, 6) is -0.446. The highest BCUT2D eigenvalue weighted by Crippen LogP contribution is 2.18. The van der Waals surface area contributed by atoms with Crippen molar-refractivity contribution in [3.63, 3.8) is 0 Å². The number of hydrogen-bond acceptors (Lipinski definition) is 5. The van der Waals surface area contributed by atoms with Crippen molar-refractivity contribution in [1.29, 1.82) is 0 Å². The van der Waals surface area contributed by atoms with Crippen molar-refractivity contribution in [2.45, 2.75) is 24.8 Å². The molecule has 1 aliphatic heterocycles. The minimum absolute atomic E-state index is 0. The predicted molar refractivity (Wildman–Crippen MR) is 102 cm³/mol. The number of carbonyl (C=O) groups is 2. The molecule has 26 heavy (non-hydrogen) atoms. The first-order valence-electron chi connectivity index (χ1n) is 8.06. The van der Waals surface area contributed by atoms with Crippen molar-refractivity contribution in [3.8, 4) is 0 Å². The number of benzene rings is 1. The molecule has 0 aromatic heterocycles. The van der Waals surface area contributed by atoms with Crippen LogP contribution in [0.15, 0.2) is 29.2 Å². The van der Waals surface area contributed by atoms with E-state index in [1.807, 2.05) is 6.92 Å². The molecule has 0 unspecified atom stereocenters. The van der Waals surface area contributed by atoms with E-state index in [1.54, 1.807) is 4.90 Å². The summed E-state index contributed by atoms with van der Waals surface area (Å²) < 4.78 is 26.3. The van der Waals surface area contributed by atoms with Crippen molar-refractivity contribution in [3.05, 3.63) is 24.3 Å². The molecule has 2 amide bonds. The molecule has 1 heterocycles. The smallest absolute Gasteiger partial charge is 0.243 e. The van der Waals surface area contributed by atoms with Gasteiger partial charge in [0.25, 0.3) is 0 Å². The van der Waals surface area contributed by atoms with Gasteiger partial charge in [-0.25, -0.2) is 8.42 Å². The van der Waals surface area contributed by atoms with Crippen molar-refractivity contribution >= 4 is 39.9 Å². The van der Waals surface area contributed by atoms with E-state index in [4.69, 9.17) is 0 Å². The number of piperazine rings is 1.